The van der Waals surface area contributed by atoms with E-state index in [2.05, 4.69) is 24.4 Å². The molecular weight excluding hydrogens is 476 g/mol. The highest BCUT2D eigenvalue weighted by atomic mass is 32.1. The van der Waals surface area contributed by atoms with Crippen LogP contribution in [0.3, 0.4) is 0 Å². The van der Waals surface area contributed by atoms with Crippen LogP contribution in [0.25, 0.3) is 0 Å². The van der Waals surface area contributed by atoms with Crippen LogP contribution in [0.4, 0.5) is 10.7 Å². The van der Waals surface area contributed by atoms with Crippen molar-refractivity contribution >= 4 is 45.7 Å². The number of carbonyl (C=O) groups is 4. The molecule has 0 radical (unpaired) electrons. The number of aryl methyl sites for hydroxylation is 1. The number of amides is 3. The van der Waals surface area contributed by atoms with Crippen molar-refractivity contribution in [2.45, 2.75) is 39.5 Å². The lowest BCUT2D eigenvalue weighted by Gasteiger charge is -2.18. The van der Waals surface area contributed by atoms with Crippen LogP contribution in [-0.4, -0.2) is 30.3 Å². The van der Waals surface area contributed by atoms with E-state index in [1.54, 1.807) is 31.2 Å². The zero-order valence-electron chi connectivity index (χ0n) is 20.3. The Labute approximate surface area is 213 Å². The smallest absolute Gasteiger partial charge is 0.341 e. The number of ether oxygens (including phenoxy) is 1. The molecule has 1 aliphatic heterocycles. The van der Waals surface area contributed by atoms with Gasteiger partial charge in [-0.1, -0.05) is 19.1 Å². The molecule has 2 fully saturated rings. The number of thiophene rings is 1. The fraction of sp³-hybridized carbons (Fsp3) is 0.429. The summed E-state index contributed by atoms with van der Waals surface area (Å²) in [5, 5.41) is 3.44. The average molecular weight is 505 g/mol. The van der Waals surface area contributed by atoms with Crippen LogP contribution in [0.1, 0.15) is 57.8 Å². The minimum atomic E-state index is -0.408. The van der Waals surface area contributed by atoms with E-state index in [1.807, 2.05) is 0 Å². The summed E-state index contributed by atoms with van der Waals surface area (Å²) in [4.78, 5) is 54.5. The number of nitrogens with zero attached hydrogens (tertiary/aromatic N) is 1. The second-order valence-corrected chi connectivity index (χ2v) is 11.4. The molecule has 1 saturated heterocycles. The Hall–Kier alpha value is -3.26. The Morgan fingerprint density at radius 3 is 2.39 bits per heavy atom. The summed E-state index contributed by atoms with van der Waals surface area (Å²) in [7, 11) is 0. The standard InChI is InChI=1S/C28H28N2O5S/c1-3-35-28(34)23-19-12-14(2)4-11-20(19)36-25(23)29-24(31)15-7-9-18(10-8-15)30-26(32)21-16-5-6-17(13-16)22(21)27(30)33/h5-10,14,16-17,21-22H,3-4,11-13H2,1-2H3,(H,29,31)/t14-,16-,17+,21+,22-/m0/s1. The van der Waals surface area contributed by atoms with E-state index in [4.69, 9.17) is 4.74 Å². The van der Waals surface area contributed by atoms with Crippen molar-refractivity contribution in [3.8, 4) is 0 Å². The monoisotopic (exact) mass is 504 g/mol. The predicted molar refractivity (Wildman–Crippen MR) is 136 cm³/mol. The zero-order chi connectivity index (χ0) is 25.1. The second kappa shape index (κ2) is 8.69. The number of fused-ring (bicyclic) bond motifs is 6. The van der Waals surface area contributed by atoms with Crippen molar-refractivity contribution in [3.05, 3.63) is 58.0 Å². The molecule has 1 saturated carbocycles. The molecular formula is C28H28N2O5S. The molecule has 6 rings (SSSR count). The molecule has 8 heteroatoms. The summed E-state index contributed by atoms with van der Waals surface area (Å²) >= 11 is 1.44. The van der Waals surface area contributed by atoms with Crippen molar-refractivity contribution in [3.63, 3.8) is 0 Å². The van der Waals surface area contributed by atoms with Gasteiger partial charge in [-0.05, 0) is 80.2 Å². The Balaban J connectivity index is 1.22. The maximum atomic E-state index is 13.1. The number of allylic oxidation sites excluding steroid dienone is 2. The van der Waals surface area contributed by atoms with E-state index in [-0.39, 0.29) is 48.0 Å². The fourth-order valence-electron chi connectivity index (χ4n) is 6.36. The van der Waals surface area contributed by atoms with Gasteiger partial charge in [0, 0.05) is 10.4 Å². The number of nitrogens with one attached hydrogen (secondary N) is 1. The lowest BCUT2D eigenvalue weighted by molar-refractivity contribution is -0.123. The van der Waals surface area contributed by atoms with Crippen LogP contribution in [0.2, 0.25) is 0 Å². The van der Waals surface area contributed by atoms with Gasteiger partial charge in [-0.2, -0.15) is 0 Å². The number of esters is 1. The van der Waals surface area contributed by atoms with Crippen molar-refractivity contribution < 1.29 is 23.9 Å². The lowest BCUT2D eigenvalue weighted by atomic mass is 9.85. The molecule has 2 heterocycles. The quantitative estimate of drug-likeness (QED) is 0.365. The van der Waals surface area contributed by atoms with Gasteiger partial charge in [-0.3, -0.25) is 19.3 Å². The van der Waals surface area contributed by atoms with E-state index in [1.165, 1.54) is 16.2 Å². The van der Waals surface area contributed by atoms with Crippen molar-refractivity contribution in [2.75, 3.05) is 16.8 Å². The van der Waals surface area contributed by atoms with Gasteiger partial charge in [0.25, 0.3) is 5.91 Å². The van der Waals surface area contributed by atoms with E-state index >= 15 is 0 Å². The molecule has 4 aliphatic rings. The Bertz CT molecular complexity index is 1280. The number of hydrogen-bond acceptors (Lipinski definition) is 6. The molecule has 36 heavy (non-hydrogen) atoms. The molecule has 7 nitrogen and oxygen atoms in total. The SMILES string of the molecule is CCOC(=O)c1c(NC(=O)c2ccc(N3C(=O)[C@@H]4[C@H](C3=O)[C@H]3C=C[C@@H]4C3)cc2)sc2c1C[C@@H](C)CC2. The molecule has 1 N–H and O–H groups in total. The summed E-state index contributed by atoms with van der Waals surface area (Å²) in [6, 6.07) is 6.53. The Morgan fingerprint density at radius 2 is 1.75 bits per heavy atom. The molecule has 1 aromatic carbocycles. The molecule has 1 aromatic heterocycles. The molecule has 3 amide bonds. The van der Waals surface area contributed by atoms with Gasteiger partial charge in [0.1, 0.15) is 5.00 Å². The molecule has 0 unspecified atom stereocenters. The van der Waals surface area contributed by atoms with E-state index in [0.29, 0.717) is 27.7 Å². The Morgan fingerprint density at radius 1 is 1.08 bits per heavy atom. The molecule has 5 atom stereocenters. The first-order chi connectivity index (χ1) is 17.4. The third-order valence-electron chi connectivity index (χ3n) is 8.07. The van der Waals surface area contributed by atoms with Gasteiger partial charge in [-0.15, -0.1) is 11.3 Å². The second-order valence-electron chi connectivity index (χ2n) is 10.3. The van der Waals surface area contributed by atoms with Gasteiger partial charge in [0.2, 0.25) is 11.8 Å². The van der Waals surface area contributed by atoms with Crippen LogP contribution in [-0.2, 0) is 27.2 Å². The first-order valence-corrected chi connectivity index (χ1v) is 13.5. The topological polar surface area (TPSA) is 92.8 Å². The van der Waals surface area contributed by atoms with Crippen molar-refractivity contribution in [1.82, 2.24) is 0 Å². The minimum Gasteiger partial charge on any atom is -0.462 e. The number of benzene rings is 1. The third kappa shape index (κ3) is 3.53. The van der Waals surface area contributed by atoms with Gasteiger partial charge < -0.3 is 10.1 Å². The predicted octanol–water partition coefficient (Wildman–Crippen LogP) is 4.61. The molecule has 3 aliphatic carbocycles. The molecule has 186 valence electrons. The van der Waals surface area contributed by atoms with Gasteiger partial charge in [-0.25, -0.2) is 4.79 Å². The van der Waals surface area contributed by atoms with Crippen molar-refractivity contribution in [2.24, 2.45) is 29.6 Å². The number of anilines is 2. The first kappa shape index (κ1) is 23.2. The highest BCUT2D eigenvalue weighted by Gasteiger charge is 2.59. The molecule has 2 bridgehead atoms. The van der Waals surface area contributed by atoms with Crippen LogP contribution >= 0.6 is 11.3 Å². The highest BCUT2D eigenvalue weighted by molar-refractivity contribution is 7.17. The number of imide groups is 1. The number of carbonyl (C=O) groups excluding carboxylic acids is 4. The molecule has 0 spiro atoms. The fourth-order valence-corrected chi connectivity index (χ4v) is 7.59. The van der Waals surface area contributed by atoms with E-state index in [9.17, 15) is 19.2 Å². The summed E-state index contributed by atoms with van der Waals surface area (Å²) in [6.07, 6.45) is 7.76. The third-order valence-corrected chi connectivity index (χ3v) is 9.28. The van der Waals surface area contributed by atoms with Crippen LogP contribution < -0.4 is 10.2 Å². The van der Waals surface area contributed by atoms with Gasteiger partial charge >= 0.3 is 5.97 Å². The minimum absolute atomic E-state index is 0.142. The summed E-state index contributed by atoms with van der Waals surface area (Å²) in [6.45, 7) is 4.20. The van der Waals surface area contributed by atoms with Crippen LogP contribution in [0.5, 0.6) is 0 Å². The van der Waals surface area contributed by atoms with Crippen LogP contribution in [0, 0.1) is 29.6 Å². The number of hydrogen-bond donors (Lipinski definition) is 1. The summed E-state index contributed by atoms with van der Waals surface area (Å²) in [5.41, 5.74) is 2.33. The lowest BCUT2D eigenvalue weighted by Crippen LogP contribution is -2.32. The Kier molecular flexibility index (Phi) is 5.59. The number of rotatable bonds is 5. The van der Waals surface area contributed by atoms with Gasteiger partial charge in [0.05, 0.1) is 29.7 Å². The normalized spacial score (nSPS) is 27.8. The summed E-state index contributed by atoms with van der Waals surface area (Å²) < 4.78 is 5.30. The van der Waals surface area contributed by atoms with Crippen LogP contribution in [0.15, 0.2) is 36.4 Å². The highest BCUT2D eigenvalue weighted by Crippen LogP contribution is 2.53. The average Bonchev–Trinajstić information content (AvgIpc) is 3.61. The van der Waals surface area contributed by atoms with Crippen molar-refractivity contribution in [1.29, 1.82) is 0 Å². The van der Waals surface area contributed by atoms with Gasteiger partial charge in [0.15, 0.2) is 0 Å². The maximum absolute atomic E-state index is 13.1. The molecule has 2 aromatic rings. The first-order valence-electron chi connectivity index (χ1n) is 12.7. The summed E-state index contributed by atoms with van der Waals surface area (Å²) in [5.74, 6) is -0.786. The van der Waals surface area contributed by atoms with E-state index < -0.39 is 5.97 Å². The van der Waals surface area contributed by atoms with E-state index in [0.717, 1.165) is 36.1 Å². The maximum Gasteiger partial charge on any atom is 0.341 e. The largest absolute Gasteiger partial charge is 0.462 e. The zero-order valence-corrected chi connectivity index (χ0v) is 21.1.